The first-order valence-corrected chi connectivity index (χ1v) is 10.9. The average Bonchev–Trinajstić information content (AvgIpc) is 3.17. The Morgan fingerprint density at radius 2 is 1.74 bits per heavy atom. The summed E-state index contributed by atoms with van der Waals surface area (Å²) in [7, 11) is 1.46. The predicted octanol–water partition coefficient (Wildman–Crippen LogP) is 2.34. The van der Waals surface area contributed by atoms with E-state index in [1.165, 1.54) is 19.2 Å². The summed E-state index contributed by atoms with van der Waals surface area (Å²) in [6.45, 7) is 6.93. The van der Waals surface area contributed by atoms with Crippen LogP contribution in [0, 0.1) is 13.8 Å². The second kappa shape index (κ2) is 11.4. The van der Waals surface area contributed by atoms with Crippen molar-refractivity contribution in [2.45, 2.75) is 27.4 Å². The molecule has 1 fully saturated rings. The van der Waals surface area contributed by atoms with Gasteiger partial charge in [-0.05, 0) is 39.0 Å². The zero-order chi connectivity index (χ0) is 24.7. The lowest BCUT2D eigenvalue weighted by Crippen LogP contribution is -2.51. The average molecular weight is 475 g/mol. The molecule has 1 aliphatic heterocycles. The van der Waals surface area contributed by atoms with E-state index in [0.29, 0.717) is 50.0 Å². The molecule has 1 saturated heterocycles. The van der Waals surface area contributed by atoms with Crippen LogP contribution in [-0.4, -0.2) is 79.4 Å². The van der Waals surface area contributed by atoms with Gasteiger partial charge in [0.1, 0.15) is 12.4 Å². The van der Waals surface area contributed by atoms with Crippen LogP contribution in [0.2, 0.25) is 0 Å². The Hall–Kier alpha value is -3.76. The van der Waals surface area contributed by atoms with Gasteiger partial charge in [0.2, 0.25) is 0 Å². The minimum absolute atomic E-state index is 0.224. The Morgan fingerprint density at radius 3 is 2.35 bits per heavy atom. The fourth-order valence-corrected chi connectivity index (χ4v) is 3.43. The maximum absolute atomic E-state index is 12.5. The molecule has 1 aromatic heterocycles. The van der Waals surface area contributed by atoms with Gasteiger partial charge in [-0.15, -0.1) is 0 Å². The maximum Gasteiger partial charge on any atom is 0.409 e. The second-order valence-corrected chi connectivity index (χ2v) is 7.60. The minimum Gasteiger partial charge on any atom is -0.493 e. The number of carbonyl (C=O) groups is 3. The van der Waals surface area contributed by atoms with Crippen LogP contribution in [0.5, 0.6) is 11.5 Å². The number of aryl methyl sites for hydroxylation is 2. The molecule has 184 valence electrons. The number of methoxy groups -OCH3 is 1. The number of ether oxygens (including phenoxy) is 4. The van der Waals surface area contributed by atoms with Crippen LogP contribution in [0.1, 0.15) is 34.3 Å². The van der Waals surface area contributed by atoms with Crippen LogP contribution in [0.15, 0.2) is 22.7 Å². The number of rotatable bonds is 8. The topological polar surface area (TPSA) is 121 Å². The van der Waals surface area contributed by atoms with E-state index in [9.17, 15) is 14.4 Å². The second-order valence-electron chi connectivity index (χ2n) is 7.60. The summed E-state index contributed by atoms with van der Waals surface area (Å²) in [6, 6.07) is 4.63. The van der Waals surface area contributed by atoms with E-state index in [2.05, 4.69) is 5.16 Å². The Balaban J connectivity index is 1.52. The molecule has 2 amide bonds. The quantitative estimate of drug-likeness (QED) is 0.530. The zero-order valence-corrected chi connectivity index (χ0v) is 19.8. The number of nitrogens with zero attached hydrogens (tertiary/aromatic N) is 3. The van der Waals surface area contributed by atoms with Gasteiger partial charge in [-0.25, -0.2) is 9.59 Å². The highest BCUT2D eigenvalue weighted by atomic mass is 16.6. The van der Waals surface area contributed by atoms with E-state index in [1.54, 1.807) is 29.7 Å². The van der Waals surface area contributed by atoms with Crippen molar-refractivity contribution in [1.82, 2.24) is 15.0 Å². The van der Waals surface area contributed by atoms with Crippen LogP contribution in [0.25, 0.3) is 0 Å². The molecule has 0 saturated carbocycles. The summed E-state index contributed by atoms with van der Waals surface area (Å²) >= 11 is 0. The number of esters is 1. The van der Waals surface area contributed by atoms with E-state index in [-0.39, 0.29) is 18.1 Å². The molecule has 1 aromatic carbocycles. The summed E-state index contributed by atoms with van der Waals surface area (Å²) in [5.74, 6) is 0.471. The number of hydrogen-bond acceptors (Lipinski definition) is 9. The third-order valence-corrected chi connectivity index (χ3v) is 5.44. The number of amides is 2. The molecule has 1 aliphatic rings. The molecule has 0 unspecified atom stereocenters. The van der Waals surface area contributed by atoms with Crippen molar-refractivity contribution < 1.29 is 37.9 Å². The number of benzene rings is 1. The Kier molecular flexibility index (Phi) is 8.34. The van der Waals surface area contributed by atoms with Crippen LogP contribution in [0.3, 0.4) is 0 Å². The Morgan fingerprint density at radius 1 is 1.03 bits per heavy atom. The molecule has 0 radical (unpaired) electrons. The van der Waals surface area contributed by atoms with Gasteiger partial charge in [0.25, 0.3) is 5.91 Å². The minimum atomic E-state index is -0.658. The smallest absolute Gasteiger partial charge is 0.409 e. The molecule has 3 rings (SSSR count). The van der Waals surface area contributed by atoms with E-state index < -0.39 is 18.7 Å². The largest absolute Gasteiger partial charge is 0.493 e. The molecule has 0 aliphatic carbocycles. The van der Waals surface area contributed by atoms with Gasteiger partial charge in [-0.1, -0.05) is 5.16 Å². The normalized spacial score (nSPS) is 13.4. The highest BCUT2D eigenvalue weighted by Gasteiger charge is 2.25. The first-order chi connectivity index (χ1) is 16.3. The predicted molar refractivity (Wildman–Crippen MR) is 119 cm³/mol. The highest BCUT2D eigenvalue weighted by Crippen LogP contribution is 2.29. The molecule has 0 spiro atoms. The van der Waals surface area contributed by atoms with Gasteiger partial charge in [0.05, 0.1) is 30.5 Å². The van der Waals surface area contributed by atoms with Crippen molar-refractivity contribution >= 4 is 18.0 Å². The van der Waals surface area contributed by atoms with Crippen molar-refractivity contribution in [2.24, 2.45) is 0 Å². The summed E-state index contributed by atoms with van der Waals surface area (Å²) in [4.78, 5) is 39.8. The third kappa shape index (κ3) is 5.97. The van der Waals surface area contributed by atoms with E-state index in [4.69, 9.17) is 23.5 Å². The van der Waals surface area contributed by atoms with Crippen LogP contribution >= 0.6 is 0 Å². The summed E-state index contributed by atoms with van der Waals surface area (Å²) in [5.41, 5.74) is 1.80. The molecule has 2 heterocycles. The lowest BCUT2D eigenvalue weighted by molar-refractivity contribution is -0.136. The van der Waals surface area contributed by atoms with E-state index >= 15 is 0 Å². The van der Waals surface area contributed by atoms with Crippen molar-refractivity contribution in [3.05, 3.63) is 40.8 Å². The van der Waals surface area contributed by atoms with Crippen molar-refractivity contribution in [1.29, 1.82) is 0 Å². The summed E-state index contributed by atoms with van der Waals surface area (Å²) in [6.07, 6.45) is -0.394. The molecule has 11 heteroatoms. The molecular weight excluding hydrogens is 446 g/mol. The number of piperazine rings is 1. The van der Waals surface area contributed by atoms with Gasteiger partial charge < -0.3 is 33.3 Å². The van der Waals surface area contributed by atoms with Crippen molar-refractivity contribution in [3.8, 4) is 11.5 Å². The van der Waals surface area contributed by atoms with Crippen molar-refractivity contribution in [2.75, 3.05) is 46.5 Å². The van der Waals surface area contributed by atoms with Gasteiger partial charge in [-0.2, -0.15) is 0 Å². The standard InChI is InChI=1S/C23H29N3O8/c1-5-31-23(29)26-10-8-25(9-11-26)21(27)14-33-22(28)17-6-7-19(20(12-17)30-4)32-13-18-15(2)24-34-16(18)3/h6-7,12H,5,8-11,13-14H2,1-4H3. The summed E-state index contributed by atoms with van der Waals surface area (Å²) in [5, 5.41) is 3.89. The van der Waals surface area contributed by atoms with Crippen LogP contribution in [-0.2, 0) is 20.9 Å². The Labute approximate surface area is 197 Å². The number of aromatic nitrogens is 1. The highest BCUT2D eigenvalue weighted by molar-refractivity contribution is 5.92. The molecular formula is C23H29N3O8. The molecule has 0 bridgehead atoms. The van der Waals surface area contributed by atoms with Gasteiger partial charge in [0.15, 0.2) is 18.1 Å². The maximum atomic E-state index is 12.5. The van der Waals surface area contributed by atoms with Gasteiger partial charge >= 0.3 is 12.1 Å². The Bertz CT molecular complexity index is 1010. The van der Waals surface area contributed by atoms with Gasteiger partial charge in [0, 0.05) is 26.2 Å². The number of hydrogen-bond donors (Lipinski definition) is 0. The SMILES string of the molecule is CCOC(=O)N1CCN(C(=O)COC(=O)c2ccc(OCc3c(C)noc3C)c(OC)c2)CC1. The van der Waals surface area contributed by atoms with Crippen LogP contribution < -0.4 is 9.47 Å². The summed E-state index contributed by atoms with van der Waals surface area (Å²) < 4.78 is 26.4. The first kappa shape index (κ1) is 24.9. The molecule has 34 heavy (non-hydrogen) atoms. The number of carbonyl (C=O) groups excluding carboxylic acids is 3. The van der Waals surface area contributed by atoms with Gasteiger partial charge in [-0.3, -0.25) is 4.79 Å². The van der Waals surface area contributed by atoms with E-state index in [0.717, 1.165) is 11.3 Å². The molecule has 2 aromatic rings. The first-order valence-electron chi connectivity index (χ1n) is 10.9. The lowest BCUT2D eigenvalue weighted by Gasteiger charge is -2.33. The monoisotopic (exact) mass is 475 g/mol. The van der Waals surface area contributed by atoms with Crippen molar-refractivity contribution in [3.63, 3.8) is 0 Å². The van der Waals surface area contributed by atoms with Crippen LogP contribution in [0.4, 0.5) is 4.79 Å². The van der Waals surface area contributed by atoms with E-state index in [1.807, 2.05) is 6.92 Å². The molecule has 0 atom stereocenters. The molecule has 0 N–H and O–H groups in total. The zero-order valence-electron chi connectivity index (χ0n) is 19.8. The fraction of sp³-hybridized carbons (Fsp3) is 0.478. The fourth-order valence-electron chi connectivity index (χ4n) is 3.43. The molecule has 11 nitrogen and oxygen atoms in total. The lowest BCUT2D eigenvalue weighted by atomic mass is 10.2. The third-order valence-electron chi connectivity index (χ3n) is 5.44.